The van der Waals surface area contributed by atoms with Crippen molar-refractivity contribution in [2.75, 3.05) is 10.6 Å². The Labute approximate surface area is 167 Å². The van der Waals surface area contributed by atoms with Gasteiger partial charge in [-0.05, 0) is 41.8 Å². The van der Waals surface area contributed by atoms with Crippen LogP contribution >= 0.6 is 0 Å². The number of rotatable bonds is 5. The molecule has 3 aromatic carbocycles. The lowest BCUT2D eigenvalue weighted by atomic mass is 10.0. The normalized spacial score (nSPS) is 10.5. The first-order valence-electron chi connectivity index (χ1n) is 8.93. The monoisotopic (exact) mass is 382 g/mol. The average molecular weight is 382 g/mol. The topological polar surface area (TPSA) is 117 Å². The molecule has 7 heteroatoms. The molecule has 5 N–H and O–H groups in total. The predicted molar refractivity (Wildman–Crippen MR) is 115 cm³/mol. The number of amidine groups is 1. The van der Waals surface area contributed by atoms with Crippen LogP contribution in [0.15, 0.2) is 79.1 Å². The molecule has 1 amide bonds. The Morgan fingerprint density at radius 3 is 2.38 bits per heavy atom. The van der Waals surface area contributed by atoms with Gasteiger partial charge in [0.15, 0.2) is 0 Å². The SMILES string of the molecule is N=C(N)c1ccc2cc(C(=O)Nc3ccccc3)cc(Nc3ncccn3)c2c1. The van der Waals surface area contributed by atoms with Gasteiger partial charge in [-0.15, -0.1) is 0 Å². The van der Waals surface area contributed by atoms with Crippen LogP contribution in [0.5, 0.6) is 0 Å². The van der Waals surface area contributed by atoms with Crippen molar-refractivity contribution in [1.29, 1.82) is 5.41 Å². The summed E-state index contributed by atoms with van der Waals surface area (Å²) in [5, 5.41) is 15.4. The highest BCUT2D eigenvalue weighted by Crippen LogP contribution is 2.29. The third-order valence-corrected chi connectivity index (χ3v) is 4.37. The fourth-order valence-corrected chi connectivity index (χ4v) is 2.97. The molecule has 0 radical (unpaired) electrons. The zero-order valence-electron chi connectivity index (χ0n) is 15.4. The van der Waals surface area contributed by atoms with E-state index in [1.165, 1.54) is 0 Å². The molecule has 0 spiro atoms. The maximum Gasteiger partial charge on any atom is 0.255 e. The first kappa shape index (κ1) is 18.1. The number of hydrogen-bond donors (Lipinski definition) is 4. The summed E-state index contributed by atoms with van der Waals surface area (Å²) in [5.41, 5.74) is 8.08. The van der Waals surface area contributed by atoms with Crippen molar-refractivity contribution in [3.8, 4) is 0 Å². The molecule has 0 fully saturated rings. The number of nitrogen functional groups attached to an aromatic ring is 1. The predicted octanol–water partition coefficient (Wildman–Crippen LogP) is 3.91. The van der Waals surface area contributed by atoms with Crippen LogP contribution in [0.3, 0.4) is 0 Å². The Morgan fingerprint density at radius 2 is 1.66 bits per heavy atom. The number of nitrogens with one attached hydrogen (secondary N) is 3. The van der Waals surface area contributed by atoms with Gasteiger partial charge < -0.3 is 16.4 Å². The molecule has 0 aliphatic heterocycles. The number of hydrogen-bond acceptors (Lipinski definition) is 5. The highest BCUT2D eigenvalue weighted by molar-refractivity contribution is 6.10. The lowest BCUT2D eigenvalue weighted by Gasteiger charge is -2.13. The summed E-state index contributed by atoms with van der Waals surface area (Å²) in [5.74, 6) is 0.146. The minimum atomic E-state index is -0.231. The van der Waals surface area contributed by atoms with Gasteiger partial charge in [0.1, 0.15) is 5.84 Å². The van der Waals surface area contributed by atoms with E-state index in [0.29, 0.717) is 28.5 Å². The third-order valence-electron chi connectivity index (χ3n) is 4.37. The van der Waals surface area contributed by atoms with Crippen molar-refractivity contribution >= 4 is 39.8 Å². The summed E-state index contributed by atoms with van der Waals surface area (Å²) in [6.45, 7) is 0. The maximum absolute atomic E-state index is 12.8. The number of nitrogens with two attached hydrogens (primary N) is 1. The first-order valence-corrected chi connectivity index (χ1v) is 8.93. The molecule has 0 saturated heterocycles. The number of benzene rings is 3. The van der Waals surface area contributed by atoms with Gasteiger partial charge in [-0.1, -0.05) is 30.3 Å². The zero-order valence-corrected chi connectivity index (χ0v) is 15.4. The first-order chi connectivity index (χ1) is 14.1. The number of amides is 1. The number of carbonyl (C=O) groups excluding carboxylic acids is 1. The molecule has 7 nitrogen and oxygen atoms in total. The van der Waals surface area contributed by atoms with Gasteiger partial charge in [0.25, 0.3) is 5.91 Å². The van der Waals surface area contributed by atoms with Gasteiger partial charge >= 0.3 is 0 Å². The van der Waals surface area contributed by atoms with Crippen LogP contribution in [-0.2, 0) is 0 Å². The molecular weight excluding hydrogens is 364 g/mol. The van der Waals surface area contributed by atoms with E-state index in [-0.39, 0.29) is 11.7 Å². The minimum Gasteiger partial charge on any atom is -0.384 e. The molecular formula is C22H18N6O. The van der Waals surface area contributed by atoms with E-state index in [9.17, 15) is 4.79 Å². The van der Waals surface area contributed by atoms with E-state index < -0.39 is 0 Å². The van der Waals surface area contributed by atoms with Gasteiger partial charge in [-0.3, -0.25) is 10.2 Å². The van der Waals surface area contributed by atoms with Crippen LogP contribution in [0, 0.1) is 5.41 Å². The largest absolute Gasteiger partial charge is 0.384 e. The number of nitrogens with zero attached hydrogens (tertiary/aromatic N) is 2. The number of carbonyl (C=O) groups is 1. The van der Waals surface area contributed by atoms with Crippen molar-refractivity contribution in [3.05, 3.63) is 90.3 Å². The Balaban J connectivity index is 1.78. The Kier molecular flexibility index (Phi) is 4.86. The van der Waals surface area contributed by atoms with Crippen molar-refractivity contribution < 1.29 is 4.79 Å². The quantitative estimate of drug-likeness (QED) is 0.308. The van der Waals surface area contributed by atoms with Crippen LogP contribution in [0.2, 0.25) is 0 Å². The number of aromatic nitrogens is 2. The summed E-state index contributed by atoms with van der Waals surface area (Å²) < 4.78 is 0. The van der Waals surface area contributed by atoms with Crippen LogP contribution in [0.1, 0.15) is 15.9 Å². The molecule has 1 heterocycles. The highest BCUT2D eigenvalue weighted by atomic mass is 16.1. The van der Waals surface area contributed by atoms with Gasteiger partial charge in [0.2, 0.25) is 5.95 Å². The fourth-order valence-electron chi connectivity index (χ4n) is 2.97. The van der Waals surface area contributed by atoms with E-state index in [1.54, 1.807) is 36.7 Å². The van der Waals surface area contributed by atoms with Gasteiger partial charge in [0, 0.05) is 40.3 Å². The summed E-state index contributed by atoms with van der Waals surface area (Å²) in [4.78, 5) is 21.2. The fraction of sp³-hybridized carbons (Fsp3) is 0. The molecule has 4 aromatic rings. The summed E-state index contributed by atoms with van der Waals surface area (Å²) in [6, 6.07) is 19.9. The van der Waals surface area contributed by atoms with Gasteiger partial charge in [-0.25, -0.2) is 9.97 Å². The molecule has 29 heavy (non-hydrogen) atoms. The standard InChI is InChI=1S/C22H18N6O/c23-20(24)15-8-7-14-11-16(21(29)27-17-5-2-1-3-6-17)13-19(18(14)12-15)28-22-25-9-4-10-26-22/h1-13H,(H3,23,24)(H,27,29)(H,25,26,28). The van der Waals surface area contributed by atoms with E-state index in [0.717, 1.165) is 10.8 Å². The molecule has 0 atom stereocenters. The second-order valence-corrected chi connectivity index (χ2v) is 6.39. The van der Waals surface area contributed by atoms with Crippen molar-refractivity contribution in [2.24, 2.45) is 5.73 Å². The number of fused-ring (bicyclic) bond motifs is 1. The minimum absolute atomic E-state index is 0.0280. The lowest BCUT2D eigenvalue weighted by molar-refractivity contribution is 0.102. The average Bonchev–Trinajstić information content (AvgIpc) is 2.74. The molecule has 4 rings (SSSR count). The van der Waals surface area contributed by atoms with Crippen LogP contribution in [0.25, 0.3) is 10.8 Å². The summed E-state index contributed by atoms with van der Waals surface area (Å²) >= 11 is 0. The van der Waals surface area contributed by atoms with Crippen LogP contribution in [0.4, 0.5) is 17.3 Å². The Morgan fingerprint density at radius 1 is 0.897 bits per heavy atom. The number of para-hydroxylation sites is 1. The van der Waals surface area contributed by atoms with Gasteiger partial charge in [-0.2, -0.15) is 0 Å². The number of anilines is 3. The molecule has 0 unspecified atom stereocenters. The summed E-state index contributed by atoms with van der Waals surface area (Å²) in [6.07, 6.45) is 3.26. The lowest BCUT2D eigenvalue weighted by Crippen LogP contribution is -2.13. The smallest absolute Gasteiger partial charge is 0.255 e. The second-order valence-electron chi connectivity index (χ2n) is 6.39. The Hall–Kier alpha value is -4.26. The van der Waals surface area contributed by atoms with E-state index in [4.69, 9.17) is 11.1 Å². The van der Waals surface area contributed by atoms with E-state index in [1.807, 2.05) is 42.5 Å². The molecule has 1 aromatic heterocycles. The summed E-state index contributed by atoms with van der Waals surface area (Å²) in [7, 11) is 0. The van der Waals surface area contributed by atoms with Crippen molar-refractivity contribution in [1.82, 2.24) is 9.97 Å². The maximum atomic E-state index is 12.8. The van der Waals surface area contributed by atoms with Crippen molar-refractivity contribution in [2.45, 2.75) is 0 Å². The highest BCUT2D eigenvalue weighted by Gasteiger charge is 2.13. The van der Waals surface area contributed by atoms with E-state index >= 15 is 0 Å². The molecule has 0 aliphatic rings. The molecule has 0 saturated carbocycles. The van der Waals surface area contributed by atoms with E-state index in [2.05, 4.69) is 20.6 Å². The molecule has 0 bridgehead atoms. The van der Waals surface area contributed by atoms with Crippen LogP contribution in [-0.4, -0.2) is 21.7 Å². The molecule has 0 aliphatic carbocycles. The van der Waals surface area contributed by atoms with Crippen LogP contribution < -0.4 is 16.4 Å². The zero-order chi connectivity index (χ0) is 20.2. The second kappa shape index (κ2) is 7.77. The van der Waals surface area contributed by atoms with Gasteiger partial charge in [0.05, 0.1) is 0 Å². The molecule has 142 valence electrons. The third kappa shape index (κ3) is 4.03. The van der Waals surface area contributed by atoms with Crippen molar-refractivity contribution in [3.63, 3.8) is 0 Å². The Bertz CT molecular complexity index is 1190.